The molecule has 0 aromatic heterocycles. The highest BCUT2D eigenvalue weighted by Gasteiger charge is 2.25. The van der Waals surface area contributed by atoms with Crippen molar-refractivity contribution in [2.75, 3.05) is 43.1 Å². The second-order valence-electron chi connectivity index (χ2n) is 9.74. The van der Waals surface area contributed by atoms with E-state index in [1.54, 1.807) is 20.2 Å². The molecule has 2 aliphatic rings. The molecule has 1 atom stereocenters. The number of carbonyl (C=O) groups excluding carboxylic acids is 1. The molecule has 12 nitrogen and oxygen atoms in total. The van der Waals surface area contributed by atoms with Gasteiger partial charge in [0.2, 0.25) is 16.0 Å². The van der Waals surface area contributed by atoms with Crippen molar-refractivity contribution >= 4 is 56.3 Å². The number of rotatable bonds is 8. The Hall–Kier alpha value is -3.59. The number of aliphatic hydroxyl groups is 1. The fraction of sp³-hybridized carbons (Fsp3) is 0.370. The van der Waals surface area contributed by atoms with Crippen molar-refractivity contribution < 1.29 is 23.4 Å². The van der Waals surface area contributed by atoms with Gasteiger partial charge in [0.1, 0.15) is 12.0 Å². The van der Waals surface area contributed by atoms with E-state index in [-0.39, 0.29) is 29.8 Å². The summed E-state index contributed by atoms with van der Waals surface area (Å²) in [4.78, 5) is 23.5. The maximum atomic E-state index is 12.3. The summed E-state index contributed by atoms with van der Waals surface area (Å²) in [6.45, 7) is 1.63. The first kappa shape index (κ1) is 30.4. The van der Waals surface area contributed by atoms with E-state index in [0.717, 1.165) is 43.4 Å². The first-order valence-corrected chi connectivity index (χ1v) is 15.8. The Bertz CT molecular complexity index is 1450. The standard InChI is InChI=1S/C27H35N7O5S2/c1-28-26(29-2)32-27-31-25(37)23(40-27)15-17-4-7-20(8-5-17)34-12-10-19(11-13-34)30-24(36)16-18-6-9-22(35)21(14-18)33-41(3,38)39/h4-9,14-15,19,24,30,33,35-36H,10-13,16H2,1-3H3,(H2,28,29,31,32,37)/b23-15-. The predicted octanol–water partition coefficient (Wildman–Crippen LogP) is 1.65. The summed E-state index contributed by atoms with van der Waals surface area (Å²) in [6, 6.07) is 12.8. The van der Waals surface area contributed by atoms with Crippen molar-refractivity contribution in [3.63, 3.8) is 0 Å². The van der Waals surface area contributed by atoms with Crippen molar-refractivity contribution in [3.8, 4) is 5.75 Å². The molecule has 4 rings (SSSR count). The van der Waals surface area contributed by atoms with Gasteiger partial charge in [0.25, 0.3) is 5.91 Å². The Morgan fingerprint density at radius 2 is 1.93 bits per heavy atom. The third-order valence-corrected chi connectivity index (χ3v) is 8.06. The largest absolute Gasteiger partial charge is 0.506 e. The van der Waals surface area contributed by atoms with Gasteiger partial charge in [-0.15, -0.1) is 0 Å². The maximum Gasteiger partial charge on any atom is 0.264 e. The zero-order valence-electron chi connectivity index (χ0n) is 23.1. The first-order valence-electron chi connectivity index (χ1n) is 13.1. The molecule has 6 N–H and O–H groups in total. The lowest BCUT2D eigenvalue weighted by molar-refractivity contribution is -0.115. The van der Waals surface area contributed by atoms with Gasteiger partial charge in [-0.1, -0.05) is 18.2 Å². The highest BCUT2D eigenvalue weighted by Crippen LogP contribution is 2.28. The Morgan fingerprint density at radius 3 is 2.56 bits per heavy atom. The second kappa shape index (κ2) is 13.4. The van der Waals surface area contributed by atoms with Gasteiger partial charge in [0.15, 0.2) is 5.17 Å². The molecule has 2 aliphatic heterocycles. The summed E-state index contributed by atoms with van der Waals surface area (Å²) in [6.07, 6.45) is 3.98. The molecule has 0 aliphatic carbocycles. The van der Waals surface area contributed by atoms with Gasteiger partial charge in [0, 0.05) is 45.3 Å². The number of nitrogens with zero attached hydrogens (tertiary/aromatic N) is 3. The molecule has 0 bridgehead atoms. The third kappa shape index (κ3) is 8.70. The topological polar surface area (TPSA) is 168 Å². The first-order chi connectivity index (χ1) is 19.5. The van der Waals surface area contributed by atoms with Crippen molar-refractivity contribution in [2.24, 2.45) is 9.98 Å². The summed E-state index contributed by atoms with van der Waals surface area (Å²) in [5.74, 6) is 0.0613. The fourth-order valence-corrected chi connectivity index (χ4v) is 5.96. The molecule has 1 amide bonds. The van der Waals surface area contributed by atoms with Gasteiger partial charge in [-0.3, -0.25) is 19.8 Å². The van der Waals surface area contributed by atoms with E-state index in [2.05, 4.69) is 35.6 Å². The van der Waals surface area contributed by atoms with Crippen LogP contribution >= 0.6 is 11.8 Å². The predicted molar refractivity (Wildman–Crippen MR) is 165 cm³/mol. The van der Waals surface area contributed by atoms with E-state index in [1.165, 1.54) is 23.9 Å². The normalized spacial score (nSPS) is 19.5. The molecule has 2 saturated heterocycles. The van der Waals surface area contributed by atoms with Crippen molar-refractivity contribution in [1.82, 2.24) is 16.0 Å². The summed E-state index contributed by atoms with van der Waals surface area (Å²) >= 11 is 1.27. The number of hydrogen-bond donors (Lipinski definition) is 6. The van der Waals surface area contributed by atoms with Gasteiger partial charge in [-0.25, -0.2) is 8.42 Å². The monoisotopic (exact) mass is 601 g/mol. The van der Waals surface area contributed by atoms with Crippen LogP contribution in [0.25, 0.3) is 6.08 Å². The number of thioether (sulfide) groups is 1. The van der Waals surface area contributed by atoms with Gasteiger partial charge >= 0.3 is 0 Å². The molecule has 220 valence electrons. The number of carbonyl (C=O) groups is 1. The number of guanidine groups is 1. The van der Waals surface area contributed by atoms with Crippen LogP contribution in [-0.4, -0.2) is 81.4 Å². The van der Waals surface area contributed by atoms with Crippen LogP contribution in [0.3, 0.4) is 0 Å². The number of nitrogens with one attached hydrogen (secondary N) is 4. The molecule has 0 spiro atoms. The molecule has 0 saturated carbocycles. The van der Waals surface area contributed by atoms with Crippen LogP contribution in [0, 0.1) is 0 Å². The zero-order chi connectivity index (χ0) is 29.6. The van der Waals surface area contributed by atoms with E-state index in [4.69, 9.17) is 0 Å². The Morgan fingerprint density at radius 1 is 1.22 bits per heavy atom. The van der Waals surface area contributed by atoms with E-state index in [1.807, 2.05) is 30.3 Å². The lowest BCUT2D eigenvalue weighted by atomic mass is 10.0. The Balaban J connectivity index is 1.28. The number of amides is 1. The van der Waals surface area contributed by atoms with Crippen LogP contribution in [0.1, 0.15) is 24.0 Å². The summed E-state index contributed by atoms with van der Waals surface area (Å²) in [5, 5.41) is 29.9. The fourth-order valence-electron chi connectivity index (χ4n) is 4.58. The quantitative estimate of drug-likeness (QED) is 0.0867. The van der Waals surface area contributed by atoms with Crippen LogP contribution in [0.2, 0.25) is 0 Å². The number of amidine groups is 1. The van der Waals surface area contributed by atoms with E-state index < -0.39 is 16.3 Å². The number of hydrogen-bond acceptors (Lipinski definition) is 9. The molecular weight excluding hydrogens is 566 g/mol. The molecule has 2 heterocycles. The number of phenolic OH excluding ortho intramolecular Hbond substituents is 1. The SMILES string of the molecule is CN=C(/N=C1\NC(=O)/C(=C/c2ccc(N3CCC(NC(O)Cc4ccc(O)c(NS(C)(=O)=O)c4)CC3)cc2)S1)NC. The van der Waals surface area contributed by atoms with Gasteiger partial charge in [-0.2, -0.15) is 4.99 Å². The second-order valence-corrected chi connectivity index (χ2v) is 12.5. The van der Waals surface area contributed by atoms with E-state index in [9.17, 15) is 23.4 Å². The number of aliphatic imine (C=N–C) groups is 2. The van der Waals surface area contributed by atoms with E-state index >= 15 is 0 Å². The number of benzene rings is 2. The molecule has 1 unspecified atom stereocenters. The lowest BCUT2D eigenvalue weighted by Crippen LogP contribution is -2.46. The number of sulfonamides is 1. The molecule has 41 heavy (non-hydrogen) atoms. The van der Waals surface area contributed by atoms with E-state index in [0.29, 0.717) is 21.6 Å². The Labute approximate surface area is 244 Å². The minimum Gasteiger partial charge on any atom is -0.506 e. The van der Waals surface area contributed by atoms with Crippen LogP contribution in [0.4, 0.5) is 11.4 Å². The highest BCUT2D eigenvalue weighted by atomic mass is 32.2. The number of phenols is 1. The zero-order valence-corrected chi connectivity index (χ0v) is 24.7. The van der Waals surface area contributed by atoms with Crippen molar-refractivity contribution in [1.29, 1.82) is 0 Å². The van der Waals surface area contributed by atoms with Crippen molar-refractivity contribution in [2.45, 2.75) is 31.5 Å². The molecular formula is C27H35N7O5S2. The van der Waals surface area contributed by atoms with Crippen LogP contribution in [-0.2, 0) is 21.2 Å². The minimum absolute atomic E-state index is 0.0849. The van der Waals surface area contributed by atoms with Crippen molar-refractivity contribution in [3.05, 3.63) is 58.5 Å². The molecule has 2 aromatic carbocycles. The highest BCUT2D eigenvalue weighted by molar-refractivity contribution is 8.18. The molecule has 0 radical (unpaired) electrons. The molecule has 2 aromatic rings. The molecule has 2 fully saturated rings. The van der Waals surface area contributed by atoms with Gasteiger partial charge < -0.3 is 25.7 Å². The average molecular weight is 602 g/mol. The lowest BCUT2D eigenvalue weighted by Gasteiger charge is -2.35. The summed E-state index contributed by atoms with van der Waals surface area (Å²) in [7, 11) is -0.198. The maximum absolute atomic E-state index is 12.3. The van der Waals surface area contributed by atoms with Gasteiger partial charge in [-0.05, 0) is 66.1 Å². The number of piperidine rings is 1. The number of anilines is 2. The Kier molecular flexibility index (Phi) is 9.91. The van der Waals surface area contributed by atoms with Crippen LogP contribution < -0.4 is 25.6 Å². The number of aromatic hydroxyl groups is 1. The minimum atomic E-state index is -3.54. The summed E-state index contributed by atoms with van der Waals surface area (Å²) in [5.41, 5.74) is 2.77. The summed E-state index contributed by atoms with van der Waals surface area (Å²) < 4.78 is 25.3. The smallest absolute Gasteiger partial charge is 0.264 e. The third-order valence-electron chi connectivity index (χ3n) is 6.56. The average Bonchev–Trinajstić information content (AvgIpc) is 3.27. The number of aliphatic hydroxyl groups excluding tert-OH is 1. The molecule has 14 heteroatoms. The van der Waals surface area contributed by atoms with Crippen LogP contribution in [0.5, 0.6) is 5.75 Å². The van der Waals surface area contributed by atoms with Gasteiger partial charge in [0.05, 0.1) is 16.8 Å². The van der Waals surface area contributed by atoms with Crippen LogP contribution in [0.15, 0.2) is 57.4 Å².